The second-order valence-electron chi connectivity index (χ2n) is 7.00. The van der Waals surface area contributed by atoms with E-state index in [4.69, 9.17) is 9.47 Å². The number of carbonyl (C=O) groups is 1. The van der Waals surface area contributed by atoms with Crippen LogP contribution in [0, 0.1) is 27.7 Å². The number of carbonyl (C=O) groups excluding carboxylic acids is 1. The van der Waals surface area contributed by atoms with Crippen LogP contribution in [-0.2, 0) is 4.79 Å². The van der Waals surface area contributed by atoms with Crippen LogP contribution in [0.3, 0.4) is 0 Å². The lowest BCUT2D eigenvalue weighted by Gasteiger charge is -2.20. The van der Waals surface area contributed by atoms with Gasteiger partial charge >= 0.3 is 0 Å². The summed E-state index contributed by atoms with van der Waals surface area (Å²) in [6, 6.07) is 11.8. The van der Waals surface area contributed by atoms with Gasteiger partial charge in [-0.05, 0) is 76.4 Å². The maximum atomic E-state index is 12.4. The van der Waals surface area contributed by atoms with E-state index in [1.165, 1.54) is 5.56 Å². The lowest BCUT2D eigenvalue weighted by atomic mass is 10.1. The van der Waals surface area contributed by atoms with Gasteiger partial charge in [0, 0.05) is 0 Å². The Labute approximate surface area is 156 Å². The van der Waals surface area contributed by atoms with Crippen molar-refractivity contribution in [3.8, 4) is 11.5 Å². The Hall–Kier alpha value is -2.49. The van der Waals surface area contributed by atoms with Gasteiger partial charge in [0.15, 0.2) is 6.10 Å². The highest BCUT2D eigenvalue weighted by molar-refractivity contribution is 5.81. The summed E-state index contributed by atoms with van der Waals surface area (Å²) in [5.74, 6) is 1.41. The number of nitrogens with one attached hydrogen (secondary N) is 1. The first-order chi connectivity index (χ1) is 12.3. The molecule has 2 aromatic rings. The van der Waals surface area contributed by atoms with Gasteiger partial charge in [0.25, 0.3) is 5.91 Å². The van der Waals surface area contributed by atoms with Crippen molar-refractivity contribution in [1.82, 2.24) is 5.32 Å². The highest BCUT2D eigenvalue weighted by Crippen LogP contribution is 2.24. The summed E-state index contributed by atoms with van der Waals surface area (Å²) in [7, 11) is 0. The van der Waals surface area contributed by atoms with E-state index in [0.29, 0.717) is 6.61 Å². The fourth-order valence-corrected chi connectivity index (χ4v) is 2.62. The number of rotatable bonds is 7. The molecule has 26 heavy (non-hydrogen) atoms. The molecule has 1 amide bonds. The van der Waals surface area contributed by atoms with Crippen LogP contribution in [0.1, 0.15) is 36.1 Å². The van der Waals surface area contributed by atoms with E-state index in [1.807, 2.05) is 65.0 Å². The molecule has 0 aromatic heterocycles. The van der Waals surface area contributed by atoms with E-state index in [0.717, 1.165) is 28.2 Å². The number of aryl methyl sites for hydroxylation is 3. The number of ether oxygens (including phenoxy) is 2. The summed E-state index contributed by atoms with van der Waals surface area (Å²) in [6.45, 7) is 12.2. The molecule has 0 saturated heterocycles. The fraction of sp³-hybridized carbons (Fsp3) is 0.409. The van der Waals surface area contributed by atoms with Crippen molar-refractivity contribution in [1.29, 1.82) is 0 Å². The van der Waals surface area contributed by atoms with Gasteiger partial charge in [0.05, 0.1) is 6.04 Å². The third-order valence-corrected chi connectivity index (χ3v) is 4.35. The molecule has 2 aromatic carbocycles. The first-order valence-electron chi connectivity index (χ1n) is 9.00. The van der Waals surface area contributed by atoms with Crippen molar-refractivity contribution in [2.75, 3.05) is 6.61 Å². The lowest BCUT2D eigenvalue weighted by molar-refractivity contribution is -0.128. The van der Waals surface area contributed by atoms with Gasteiger partial charge in [-0.3, -0.25) is 4.79 Å². The van der Waals surface area contributed by atoms with Crippen molar-refractivity contribution in [2.24, 2.45) is 0 Å². The van der Waals surface area contributed by atoms with Crippen LogP contribution in [0.5, 0.6) is 11.5 Å². The smallest absolute Gasteiger partial charge is 0.261 e. The van der Waals surface area contributed by atoms with Gasteiger partial charge in [0.1, 0.15) is 18.1 Å². The van der Waals surface area contributed by atoms with Gasteiger partial charge in [-0.15, -0.1) is 0 Å². The maximum Gasteiger partial charge on any atom is 0.261 e. The van der Waals surface area contributed by atoms with Gasteiger partial charge < -0.3 is 14.8 Å². The van der Waals surface area contributed by atoms with Gasteiger partial charge in [-0.2, -0.15) is 0 Å². The molecule has 0 aliphatic heterocycles. The highest BCUT2D eigenvalue weighted by atomic mass is 16.5. The minimum atomic E-state index is -0.572. The van der Waals surface area contributed by atoms with Crippen LogP contribution in [0.15, 0.2) is 36.4 Å². The van der Waals surface area contributed by atoms with Crippen LogP contribution < -0.4 is 14.8 Å². The molecule has 4 nitrogen and oxygen atoms in total. The van der Waals surface area contributed by atoms with E-state index in [9.17, 15) is 4.79 Å². The van der Waals surface area contributed by atoms with Crippen LogP contribution in [0.4, 0.5) is 0 Å². The van der Waals surface area contributed by atoms with E-state index in [2.05, 4.69) is 11.4 Å². The number of hydrogen-bond acceptors (Lipinski definition) is 3. The molecule has 2 rings (SSSR count). The molecule has 140 valence electrons. The Balaban J connectivity index is 1.87. The van der Waals surface area contributed by atoms with Gasteiger partial charge in [-0.1, -0.05) is 23.8 Å². The average Bonchev–Trinajstić information content (AvgIpc) is 2.58. The van der Waals surface area contributed by atoms with Crippen LogP contribution in [-0.4, -0.2) is 24.7 Å². The number of amides is 1. The Morgan fingerprint density at radius 1 is 1.00 bits per heavy atom. The summed E-state index contributed by atoms with van der Waals surface area (Å²) < 4.78 is 11.6. The first-order valence-corrected chi connectivity index (χ1v) is 9.00. The predicted octanol–water partition coefficient (Wildman–Crippen LogP) is 4.27. The molecule has 0 bridgehead atoms. The predicted molar refractivity (Wildman–Crippen MR) is 105 cm³/mol. The molecule has 2 atom stereocenters. The Morgan fingerprint density at radius 2 is 1.65 bits per heavy atom. The second-order valence-corrected chi connectivity index (χ2v) is 7.00. The molecule has 0 unspecified atom stereocenters. The molecular weight excluding hydrogens is 326 g/mol. The normalized spacial score (nSPS) is 13.0. The van der Waals surface area contributed by atoms with Crippen molar-refractivity contribution in [3.63, 3.8) is 0 Å². The monoisotopic (exact) mass is 355 g/mol. The third kappa shape index (κ3) is 5.51. The van der Waals surface area contributed by atoms with E-state index >= 15 is 0 Å². The average molecular weight is 355 g/mol. The summed E-state index contributed by atoms with van der Waals surface area (Å²) in [6.07, 6.45) is -0.572. The zero-order valence-electron chi connectivity index (χ0n) is 16.6. The van der Waals surface area contributed by atoms with E-state index in [-0.39, 0.29) is 11.9 Å². The zero-order valence-corrected chi connectivity index (χ0v) is 16.6. The number of hydrogen-bond donors (Lipinski definition) is 1. The second kappa shape index (κ2) is 8.75. The van der Waals surface area contributed by atoms with Crippen molar-refractivity contribution < 1.29 is 14.3 Å². The quantitative estimate of drug-likeness (QED) is 0.807. The van der Waals surface area contributed by atoms with Crippen molar-refractivity contribution >= 4 is 5.91 Å². The molecule has 0 saturated carbocycles. The molecule has 0 spiro atoms. The Morgan fingerprint density at radius 3 is 2.31 bits per heavy atom. The molecular formula is C22H29NO3. The largest absolute Gasteiger partial charge is 0.491 e. The van der Waals surface area contributed by atoms with E-state index < -0.39 is 6.10 Å². The molecule has 1 N–H and O–H groups in total. The Kier molecular flexibility index (Phi) is 6.67. The molecule has 0 aliphatic carbocycles. The SMILES string of the molecule is Cc1ccc(OC[C@H](C)NC(=O)[C@H](C)Oc2cc(C)cc(C)c2C)cc1. The maximum absolute atomic E-state index is 12.4. The molecule has 0 heterocycles. The summed E-state index contributed by atoms with van der Waals surface area (Å²) in [5.41, 5.74) is 4.53. The first kappa shape index (κ1) is 19.8. The summed E-state index contributed by atoms with van der Waals surface area (Å²) in [4.78, 5) is 12.4. The summed E-state index contributed by atoms with van der Waals surface area (Å²) >= 11 is 0. The zero-order chi connectivity index (χ0) is 19.3. The van der Waals surface area contributed by atoms with Gasteiger partial charge in [0.2, 0.25) is 0 Å². The van der Waals surface area contributed by atoms with Crippen LogP contribution in [0.25, 0.3) is 0 Å². The minimum Gasteiger partial charge on any atom is -0.491 e. The topological polar surface area (TPSA) is 47.6 Å². The van der Waals surface area contributed by atoms with Crippen LogP contribution >= 0.6 is 0 Å². The van der Waals surface area contributed by atoms with Crippen LogP contribution in [0.2, 0.25) is 0 Å². The standard InChI is InChI=1S/C22H29NO3/c1-14-7-9-20(10-8-14)25-13-17(4)23-22(24)19(6)26-21-12-15(2)11-16(3)18(21)5/h7-12,17,19H,13H2,1-6H3,(H,23,24)/t17-,19-/m0/s1. The molecule has 0 radical (unpaired) electrons. The lowest BCUT2D eigenvalue weighted by Crippen LogP contribution is -2.43. The Bertz CT molecular complexity index is 753. The minimum absolute atomic E-state index is 0.116. The molecule has 0 fully saturated rings. The summed E-state index contributed by atoms with van der Waals surface area (Å²) in [5, 5.41) is 2.94. The van der Waals surface area contributed by atoms with Crippen molar-refractivity contribution in [2.45, 2.75) is 53.7 Å². The highest BCUT2D eigenvalue weighted by Gasteiger charge is 2.18. The van der Waals surface area contributed by atoms with Crippen molar-refractivity contribution in [3.05, 3.63) is 58.7 Å². The third-order valence-electron chi connectivity index (χ3n) is 4.35. The molecule has 0 aliphatic rings. The number of benzene rings is 2. The molecule has 4 heteroatoms. The van der Waals surface area contributed by atoms with Gasteiger partial charge in [-0.25, -0.2) is 0 Å². The van der Waals surface area contributed by atoms with E-state index in [1.54, 1.807) is 6.92 Å². The fourth-order valence-electron chi connectivity index (χ4n) is 2.62.